The van der Waals surface area contributed by atoms with E-state index in [1.165, 1.54) is 11.3 Å². The molecule has 1 N–H and O–H groups in total. The molecule has 0 saturated carbocycles. The molecule has 1 heterocycles. The van der Waals surface area contributed by atoms with Gasteiger partial charge < -0.3 is 15.0 Å². The number of rotatable bonds is 3. The van der Waals surface area contributed by atoms with E-state index in [2.05, 4.69) is 69.1 Å². The van der Waals surface area contributed by atoms with Crippen molar-refractivity contribution in [1.82, 2.24) is 5.32 Å². The Morgan fingerprint density at radius 1 is 1.05 bits per heavy atom. The Bertz CT molecular complexity index is 435. The third-order valence-electron chi connectivity index (χ3n) is 3.89. The van der Waals surface area contributed by atoms with E-state index < -0.39 is 0 Å². The van der Waals surface area contributed by atoms with Crippen LogP contribution in [-0.2, 0) is 4.74 Å². The molecule has 0 radical (unpaired) electrons. The first-order valence-electron chi connectivity index (χ1n) is 7.45. The summed E-state index contributed by atoms with van der Waals surface area (Å²) in [7, 11) is 1.99. The second-order valence-corrected chi connectivity index (χ2v) is 7.08. The minimum Gasteiger partial charge on any atom is -0.366 e. The van der Waals surface area contributed by atoms with E-state index in [1.54, 1.807) is 0 Å². The zero-order chi connectivity index (χ0) is 15.0. The van der Waals surface area contributed by atoms with Crippen LogP contribution in [0.1, 0.15) is 46.2 Å². The number of ether oxygens (including phenoxy) is 1. The Balaban J connectivity index is 2.18. The summed E-state index contributed by atoms with van der Waals surface area (Å²) < 4.78 is 6.14. The highest BCUT2D eigenvalue weighted by atomic mass is 16.5. The van der Waals surface area contributed by atoms with E-state index in [9.17, 15) is 0 Å². The van der Waals surface area contributed by atoms with Gasteiger partial charge in [0, 0.05) is 24.8 Å². The van der Waals surface area contributed by atoms with E-state index in [-0.39, 0.29) is 11.2 Å². The van der Waals surface area contributed by atoms with E-state index in [1.807, 2.05) is 7.05 Å². The molecule has 1 aromatic rings. The number of benzene rings is 1. The summed E-state index contributed by atoms with van der Waals surface area (Å²) in [6, 6.07) is 9.26. The molecule has 1 saturated heterocycles. The molecular weight excluding hydrogens is 248 g/mol. The molecule has 1 atom stereocenters. The molecule has 20 heavy (non-hydrogen) atoms. The minimum atomic E-state index is -0.112. The van der Waals surface area contributed by atoms with E-state index in [0.717, 1.165) is 13.1 Å². The van der Waals surface area contributed by atoms with Gasteiger partial charge in [0.25, 0.3) is 0 Å². The van der Waals surface area contributed by atoms with E-state index in [0.29, 0.717) is 6.04 Å². The summed E-state index contributed by atoms with van der Waals surface area (Å²) in [4.78, 5) is 2.43. The van der Waals surface area contributed by atoms with Crippen LogP contribution in [0.2, 0.25) is 0 Å². The van der Waals surface area contributed by atoms with Gasteiger partial charge in [-0.05, 0) is 59.4 Å². The molecule has 1 aliphatic heterocycles. The van der Waals surface area contributed by atoms with Gasteiger partial charge in [0.2, 0.25) is 0 Å². The Kier molecular flexibility index (Phi) is 4.12. The van der Waals surface area contributed by atoms with Crippen molar-refractivity contribution < 1.29 is 4.74 Å². The fourth-order valence-corrected chi connectivity index (χ4v) is 3.11. The SMILES string of the molecule is CNC(C)c1ccc(N2CC(C)(C)OC(C)(C)C2)cc1. The van der Waals surface area contributed by atoms with Crippen molar-refractivity contribution in [3.63, 3.8) is 0 Å². The normalized spacial score (nSPS) is 22.6. The highest BCUT2D eigenvalue weighted by molar-refractivity contribution is 5.49. The summed E-state index contributed by atoms with van der Waals surface area (Å²) in [5.41, 5.74) is 2.38. The predicted molar refractivity (Wildman–Crippen MR) is 85.4 cm³/mol. The summed E-state index contributed by atoms with van der Waals surface area (Å²) in [6.45, 7) is 12.7. The Hall–Kier alpha value is -1.06. The minimum absolute atomic E-state index is 0.112. The van der Waals surface area contributed by atoms with Crippen LogP contribution in [0.25, 0.3) is 0 Å². The highest BCUT2D eigenvalue weighted by Crippen LogP contribution is 2.31. The highest BCUT2D eigenvalue weighted by Gasteiger charge is 2.38. The number of anilines is 1. The van der Waals surface area contributed by atoms with Crippen LogP contribution in [0.5, 0.6) is 0 Å². The average molecular weight is 276 g/mol. The van der Waals surface area contributed by atoms with Crippen molar-refractivity contribution >= 4 is 5.69 Å². The summed E-state index contributed by atoms with van der Waals surface area (Å²) >= 11 is 0. The average Bonchev–Trinajstić information content (AvgIpc) is 2.34. The van der Waals surface area contributed by atoms with Crippen LogP contribution in [0.3, 0.4) is 0 Å². The van der Waals surface area contributed by atoms with Crippen LogP contribution < -0.4 is 10.2 Å². The quantitative estimate of drug-likeness (QED) is 0.916. The third-order valence-corrected chi connectivity index (χ3v) is 3.89. The topological polar surface area (TPSA) is 24.5 Å². The summed E-state index contributed by atoms with van der Waals surface area (Å²) in [5.74, 6) is 0. The lowest BCUT2D eigenvalue weighted by atomic mass is 9.98. The van der Waals surface area contributed by atoms with E-state index in [4.69, 9.17) is 4.74 Å². The molecule has 0 amide bonds. The second-order valence-electron chi connectivity index (χ2n) is 7.08. The number of morpholine rings is 1. The largest absolute Gasteiger partial charge is 0.366 e. The fraction of sp³-hybridized carbons (Fsp3) is 0.647. The van der Waals surface area contributed by atoms with Crippen molar-refractivity contribution in [3.8, 4) is 0 Å². The van der Waals surface area contributed by atoms with Crippen LogP contribution >= 0.6 is 0 Å². The van der Waals surface area contributed by atoms with Gasteiger partial charge in [-0.3, -0.25) is 0 Å². The third kappa shape index (κ3) is 3.53. The van der Waals surface area contributed by atoms with Gasteiger partial charge in [-0.1, -0.05) is 12.1 Å². The van der Waals surface area contributed by atoms with Crippen LogP contribution in [0.15, 0.2) is 24.3 Å². The fourth-order valence-electron chi connectivity index (χ4n) is 3.11. The van der Waals surface area contributed by atoms with Crippen molar-refractivity contribution in [1.29, 1.82) is 0 Å². The smallest absolute Gasteiger partial charge is 0.0808 e. The Labute approximate surface area is 123 Å². The monoisotopic (exact) mass is 276 g/mol. The molecule has 1 fully saturated rings. The van der Waals surface area contributed by atoms with Crippen molar-refractivity contribution in [2.75, 3.05) is 25.0 Å². The van der Waals surface area contributed by atoms with Crippen molar-refractivity contribution in [2.24, 2.45) is 0 Å². The van der Waals surface area contributed by atoms with Crippen LogP contribution in [0, 0.1) is 0 Å². The van der Waals surface area contributed by atoms with Gasteiger partial charge in [-0.15, -0.1) is 0 Å². The first-order chi connectivity index (χ1) is 9.22. The molecule has 0 aliphatic carbocycles. The van der Waals surface area contributed by atoms with E-state index >= 15 is 0 Å². The maximum Gasteiger partial charge on any atom is 0.0808 e. The molecule has 1 unspecified atom stereocenters. The number of hydrogen-bond donors (Lipinski definition) is 1. The zero-order valence-corrected chi connectivity index (χ0v) is 13.7. The first kappa shape index (κ1) is 15.3. The molecule has 0 bridgehead atoms. The van der Waals surface area contributed by atoms with Crippen LogP contribution in [0.4, 0.5) is 5.69 Å². The predicted octanol–water partition coefficient (Wildman–Crippen LogP) is 3.36. The first-order valence-corrected chi connectivity index (χ1v) is 7.45. The molecule has 3 nitrogen and oxygen atoms in total. The summed E-state index contributed by atoms with van der Waals surface area (Å²) in [5, 5.41) is 3.27. The number of nitrogens with one attached hydrogen (secondary N) is 1. The Morgan fingerprint density at radius 2 is 1.55 bits per heavy atom. The standard InChI is InChI=1S/C17H28N2O/c1-13(18-6)14-7-9-15(10-8-14)19-11-16(2,3)20-17(4,5)12-19/h7-10,13,18H,11-12H2,1-6H3. The van der Waals surface area contributed by atoms with Gasteiger partial charge in [0.15, 0.2) is 0 Å². The molecule has 112 valence electrons. The van der Waals surface area contributed by atoms with Crippen molar-refractivity contribution in [3.05, 3.63) is 29.8 Å². The maximum absolute atomic E-state index is 6.14. The van der Waals surface area contributed by atoms with Gasteiger partial charge in [0.1, 0.15) is 0 Å². The molecule has 0 aromatic heterocycles. The molecule has 3 heteroatoms. The lowest BCUT2D eigenvalue weighted by Gasteiger charge is -2.48. The van der Waals surface area contributed by atoms with Gasteiger partial charge in [-0.25, -0.2) is 0 Å². The zero-order valence-electron chi connectivity index (χ0n) is 13.7. The maximum atomic E-state index is 6.14. The van der Waals surface area contributed by atoms with Gasteiger partial charge in [0.05, 0.1) is 11.2 Å². The lowest BCUT2D eigenvalue weighted by molar-refractivity contribution is -0.133. The molecular formula is C17H28N2O. The second kappa shape index (κ2) is 5.38. The molecule has 2 rings (SSSR count). The van der Waals surface area contributed by atoms with Gasteiger partial charge >= 0.3 is 0 Å². The number of hydrogen-bond acceptors (Lipinski definition) is 3. The summed E-state index contributed by atoms with van der Waals surface area (Å²) in [6.07, 6.45) is 0. The van der Waals surface area contributed by atoms with Gasteiger partial charge in [-0.2, -0.15) is 0 Å². The molecule has 1 aromatic carbocycles. The molecule has 1 aliphatic rings. The number of nitrogens with zero attached hydrogens (tertiary/aromatic N) is 1. The van der Waals surface area contributed by atoms with Crippen molar-refractivity contribution in [2.45, 2.75) is 51.9 Å². The van der Waals surface area contributed by atoms with Crippen LogP contribution in [-0.4, -0.2) is 31.3 Å². The Morgan fingerprint density at radius 3 is 2.00 bits per heavy atom. The molecule has 0 spiro atoms. The lowest BCUT2D eigenvalue weighted by Crippen LogP contribution is -2.57.